The fourth-order valence-corrected chi connectivity index (χ4v) is 2.29. The van der Waals surface area contributed by atoms with Gasteiger partial charge in [0.1, 0.15) is 0 Å². The molecule has 16 heavy (non-hydrogen) atoms. The van der Waals surface area contributed by atoms with E-state index in [0.29, 0.717) is 11.6 Å². The smallest absolute Gasteiger partial charge is 0.228 e. The maximum atomic E-state index is 11.9. The Morgan fingerprint density at radius 2 is 2.19 bits per heavy atom. The molecule has 1 aromatic rings. The van der Waals surface area contributed by atoms with E-state index in [4.69, 9.17) is 5.73 Å². The number of aromatic nitrogens is 1. The van der Waals surface area contributed by atoms with Gasteiger partial charge in [-0.15, -0.1) is 11.3 Å². The molecule has 0 unspecified atom stereocenters. The van der Waals surface area contributed by atoms with Crippen LogP contribution in [0.4, 0.5) is 5.13 Å². The van der Waals surface area contributed by atoms with Crippen LogP contribution in [0.25, 0.3) is 0 Å². The van der Waals surface area contributed by atoms with Crippen LogP contribution in [-0.4, -0.2) is 53.9 Å². The van der Waals surface area contributed by atoms with E-state index in [1.165, 1.54) is 11.3 Å². The summed E-state index contributed by atoms with van der Waals surface area (Å²) < 4.78 is 0. The Kier molecular flexibility index (Phi) is 3.40. The van der Waals surface area contributed by atoms with Crippen LogP contribution in [0.15, 0.2) is 5.38 Å². The predicted octanol–water partition coefficient (Wildman–Crippen LogP) is 0.0418. The van der Waals surface area contributed by atoms with Crippen molar-refractivity contribution in [2.24, 2.45) is 0 Å². The summed E-state index contributed by atoms with van der Waals surface area (Å²) in [7, 11) is 2.07. The van der Waals surface area contributed by atoms with Crippen LogP contribution in [0.3, 0.4) is 0 Å². The van der Waals surface area contributed by atoms with E-state index in [1.54, 1.807) is 0 Å². The number of nitrogens with zero attached hydrogens (tertiary/aromatic N) is 3. The zero-order chi connectivity index (χ0) is 11.5. The number of thiazole rings is 1. The summed E-state index contributed by atoms with van der Waals surface area (Å²) in [4.78, 5) is 20.1. The molecule has 0 aliphatic carbocycles. The van der Waals surface area contributed by atoms with Gasteiger partial charge in [-0.05, 0) is 7.05 Å². The summed E-state index contributed by atoms with van der Waals surface area (Å²) in [6.45, 7) is 3.53. The van der Waals surface area contributed by atoms with Gasteiger partial charge in [-0.2, -0.15) is 0 Å². The number of nitrogens with two attached hydrogens (primary N) is 1. The summed E-state index contributed by atoms with van der Waals surface area (Å²) in [5.41, 5.74) is 6.31. The van der Waals surface area contributed by atoms with E-state index in [-0.39, 0.29) is 5.91 Å². The minimum Gasteiger partial charge on any atom is -0.375 e. The number of likely N-dealkylation sites (N-methyl/N-ethyl adjacent to an activating group) is 1. The van der Waals surface area contributed by atoms with E-state index in [1.807, 2.05) is 10.3 Å². The van der Waals surface area contributed by atoms with E-state index in [9.17, 15) is 4.79 Å². The van der Waals surface area contributed by atoms with Crippen LogP contribution >= 0.6 is 11.3 Å². The predicted molar refractivity (Wildman–Crippen MR) is 64.3 cm³/mol. The third-order valence-electron chi connectivity index (χ3n) is 2.76. The van der Waals surface area contributed by atoms with Gasteiger partial charge in [-0.25, -0.2) is 4.98 Å². The van der Waals surface area contributed by atoms with Crippen molar-refractivity contribution in [2.75, 3.05) is 39.0 Å². The van der Waals surface area contributed by atoms with Crippen LogP contribution in [0.2, 0.25) is 0 Å². The van der Waals surface area contributed by atoms with E-state index in [2.05, 4.69) is 16.9 Å². The van der Waals surface area contributed by atoms with Crippen molar-refractivity contribution in [3.8, 4) is 0 Å². The van der Waals surface area contributed by atoms with Crippen molar-refractivity contribution in [3.63, 3.8) is 0 Å². The summed E-state index contributed by atoms with van der Waals surface area (Å²) in [6, 6.07) is 0. The van der Waals surface area contributed by atoms with E-state index < -0.39 is 0 Å². The van der Waals surface area contributed by atoms with Gasteiger partial charge in [0, 0.05) is 31.6 Å². The fraction of sp³-hybridized carbons (Fsp3) is 0.600. The van der Waals surface area contributed by atoms with Crippen molar-refractivity contribution in [2.45, 2.75) is 6.42 Å². The summed E-state index contributed by atoms with van der Waals surface area (Å²) in [6.07, 6.45) is 0.372. The van der Waals surface area contributed by atoms with Gasteiger partial charge >= 0.3 is 0 Å². The number of carbonyl (C=O) groups excluding carboxylic acids is 1. The van der Waals surface area contributed by atoms with E-state index >= 15 is 0 Å². The molecular formula is C10H16N4OS. The zero-order valence-electron chi connectivity index (χ0n) is 9.35. The van der Waals surface area contributed by atoms with E-state index in [0.717, 1.165) is 31.9 Å². The molecule has 0 bridgehead atoms. The molecule has 5 nitrogen and oxygen atoms in total. The molecule has 1 fully saturated rings. The molecule has 6 heteroatoms. The molecule has 0 saturated carbocycles. The average Bonchev–Trinajstić information content (AvgIpc) is 2.65. The Hall–Kier alpha value is -1.14. The number of piperazine rings is 1. The van der Waals surface area contributed by atoms with Crippen molar-refractivity contribution in [3.05, 3.63) is 11.1 Å². The monoisotopic (exact) mass is 240 g/mol. The Balaban J connectivity index is 1.88. The minimum atomic E-state index is 0.151. The summed E-state index contributed by atoms with van der Waals surface area (Å²) >= 11 is 1.38. The number of hydrogen-bond acceptors (Lipinski definition) is 5. The van der Waals surface area contributed by atoms with Crippen molar-refractivity contribution < 1.29 is 4.79 Å². The van der Waals surface area contributed by atoms with Crippen LogP contribution in [0.5, 0.6) is 0 Å². The first-order valence-corrected chi connectivity index (χ1v) is 6.19. The minimum absolute atomic E-state index is 0.151. The molecule has 2 rings (SSSR count). The molecular weight excluding hydrogens is 224 g/mol. The van der Waals surface area contributed by atoms with Crippen LogP contribution in [0.1, 0.15) is 5.69 Å². The van der Waals surface area contributed by atoms with Gasteiger partial charge in [0.25, 0.3) is 0 Å². The number of rotatable bonds is 2. The maximum Gasteiger partial charge on any atom is 0.228 e. The van der Waals surface area contributed by atoms with Crippen LogP contribution in [0, 0.1) is 0 Å². The standard InChI is InChI=1S/C10H16N4OS/c1-13-2-4-14(5-3-13)9(15)6-8-7-16-10(11)12-8/h7H,2-6H2,1H3,(H2,11,12). The van der Waals surface area contributed by atoms with Crippen LogP contribution in [-0.2, 0) is 11.2 Å². The molecule has 0 atom stereocenters. The molecule has 0 spiro atoms. The Morgan fingerprint density at radius 1 is 1.50 bits per heavy atom. The highest BCUT2D eigenvalue weighted by Gasteiger charge is 2.19. The second-order valence-electron chi connectivity index (χ2n) is 4.04. The first kappa shape index (κ1) is 11.3. The highest BCUT2D eigenvalue weighted by atomic mass is 32.1. The highest BCUT2D eigenvalue weighted by molar-refractivity contribution is 7.13. The van der Waals surface area contributed by atoms with Gasteiger partial charge in [-0.3, -0.25) is 4.79 Å². The van der Waals surface area contributed by atoms with Crippen LogP contribution < -0.4 is 5.73 Å². The van der Waals surface area contributed by atoms with Crippen molar-refractivity contribution >= 4 is 22.4 Å². The molecule has 1 saturated heterocycles. The summed E-state index contributed by atoms with van der Waals surface area (Å²) in [5, 5.41) is 2.38. The normalized spacial score (nSPS) is 17.7. The largest absolute Gasteiger partial charge is 0.375 e. The molecule has 2 heterocycles. The molecule has 0 aromatic carbocycles. The topological polar surface area (TPSA) is 62.5 Å². The van der Waals surface area contributed by atoms with Gasteiger partial charge in [0.05, 0.1) is 12.1 Å². The molecule has 0 radical (unpaired) electrons. The van der Waals surface area contributed by atoms with Gasteiger partial charge in [0.15, 0.2) is 5.13 Å². The lowest BCUT2D eigenvalue weighted by atomic mass is 10.2. The lowest BCUT2D eigenvalue weighted by Gasteiger charge is -2.32. The number of carbonyl (C=O) groups is 1. The average molecular weight is 240 g/mol. The second-order valence-corrected chi connectivity index (χ2v) is 4.93. The number of hydrogen-bond donors (Lipinski definition) is 1. The zero-order valence-corrected chi connectivity index (χ0v) is 10.2. The van der Waals surface area contributed by atoms with Gasteiger partial charge < -0.3 is 15.5 Å². The molecule has 1 aromatic heterocycles. The quantitative estimate of drug-likeness (QED) is 0.793. The number of anilines is 1. The third-order valence-corrected chi connectivity index (χ3v) is 3.48. The number of nitrogen functional groups attached to an aromatic ring is 1. The molecule has 1 amide bonds. The Bertz CT molecular complexity index is 371. The second kappa shape index (κ2) is 4.80. The summed E-state index contributed by atoms with van der Waals surface area (Å²) in [5.74, 6) is 0.151. The molecule has 1 aliphatic rings. The Morgan fingerprint density at radius 3 is 2.75 bits per heavy atom. The first-order valence-electron chi connectivity index (χ1n) is 5.31. The third kappa shape index (κ3) is 2.70. The SMILES string of the molecule is CN1CCN(C(=O)Cc2csc(N)n2)CC1. The van der Waals surface area contributed by atoms with Gasteiger partial charge in [-0.1, -0.05) is 0 Å². The molecule has 1 aliphatic heterocycles. The lowest BCUT2D eigenvalue weighted by Crippen LogP contribution is -2.47. The molecule has 2 N–H and O–H groups in total. The van der Waals surface area contributed by atoms with Gasteiger partial charge in [0.2, 0.25) is 5.91 Å². The first-order chi connectivity index (χ1) is 7.65. The van der Waals surface area contributed by atoms with Crippen molar-refractivity contribution in [1.29, 1.82) is 0 Å². The maximum absolute atomic E-state index is 11.9. The Labute approximate surface area is 98.9 Å². The lowest BCUT2D eigenvalue weighted by molar-refractivity contribution is -0.132. The highest BCUT2D eigenvalue weighted by Crippen LogP contribution is 2.12. The molecule has 88 valence electrons. The number of amides is 1. The fourth-order valence-electron chi connectivity index (χ4n) is 1.73. The van der Waals surface area contributed by atoms with Crippen molar-refractivity contribution in [1.82, 2.24) is 14.8 Å².